The first kappa shape index (κ1) is 12.4. The minimum atomic E-state index is -4.50. The van der Waals surface area contributed by atoms with E-state index in [1.165, 1.54) is 11.0 Å². The number of hydrogen-bond donors (Lipinski definition) is 0. The minimum absolute atomic E-state index is 0.0948. The van der Waals surface area contributed by atoms with Crippen molar-refractivity contribution in [3.63, 3.8) is 0 Å². The van der Waals surface area contributed by atoms with Crippen LogP contribution in [-0.4, -0.2) is 17.4 Å². The zero-order chi connectivity index (χ0) is 13.3. The Bertz CT molecular complexity index is 504. The van der Waals surface area contributed by atoms with E-state index in [1.807, 2.05) is 6.07 Å². The molecule has 1 unspecified atom stereocenters. The molecule has 1 atom stereocenters. The maximum absolute atomic E-state index is 12.3. The van der Waals surface area contributed by atoms with E-state index in [0.717, 1.165) is 12.3 Å². The number of pyridine rings is 1. The molecule has 18 heavy (non-hydrogen) atoms. The fourth-order valence-corrected chi connectivity index (χ4v) is 1.76. The van der Waals surface area contributed by atoms with Crippen LogP contribution in [0.2, 0.25) is 0 Å². The summed E-state index contributed by atoms with van der Waals surface area (Å²) in [6.45, 7) is 0.197. The molecular formula is C11H8F3N3O. The maximum Gasteiger partial charge on any atom is 0.433 e. The molecule has 1 aromatic rings. The van der Waals surface area contributed by atoms with E-state index in [2.05, 4.69) is 4.98 Å². The average Bonchev–Trinajstić information content (AvgIpc) is 2.70. The molecule has 0 bridgehead atoms. The molecule has 1 fully saturated rings. The van der Waals surface area contributed by atoms with E-state index in [-0.39, 0.29) is 24.6 Å². The van der Waals surface area contributed by atoms with Crippen LogP contribution in [0.5, 0.6) is 0 Å². The number of anilines is 1. The first-order valence-electron chi connectivity index (χ1n) is 5.15. The molecule has 2 heterocycles. The van der Waals surface area contributed by atoms with E-state index < -0.39 is 17.8 Å². The normalized spacial score (nSPS) is 20.0. The number of alkyl halides is 3. The molecule has 0 aromatic carbocycles. The van der Waals surface area contributed by atoms with Crippen LogP contribution in [0.25, 0.3) is 0 Å². The second-order valence-electron chi connectivity index (χ2n) is 3.93. The zero-order valence-corrected chi connectivity index (χ0v) is 9.11. The Morgan fingerprint density at radius 2 is 2.17 bits per heavy atom. The third-order valence-electron chi connectivity index (χ3n) is 2.66. The summed E-state index contributed by atoms with van der Waals surface area (Å²) in [5.74, 6) is -0.692. The van der Waals surface area contributed by atoms with Gasteiger partial charge in [0.1, 0.15) is 5.69 Å². The molecule has 1 saturated heterocycles. The molecule has 0 aliphatic carbocycles. The van der Waals surface area contributed by atoms with E-state index >= 15 is 0 Å². The van der Waals surface area contributed by atoms with Crippen molar-refractivity contribution in [1.82, 2.24) is 4.98 Å². The Hall–Kier alpha value is -2.10. The van der Waals surface area contributed by atoms with Gasteiger partial charge in [0.15, 0.2) is 0 Å². The first-order chi connectivity index (χ1) is 8.41. The van der Waals surface area contributed by atoms with Crippen LogP contribution in [-0.2, 0) is 11.0 Å². The Balaban J connectivity index is 2.21. The van der Waals surface area contributed by atoms with E-state index in [4.69, 9.17) is 5.26 Å². The smallest absolute Gasteiger partial charge is 0.310 e. The number of carbonyl (C=O) groups excluding carboxylic acids is 1. The molecule has 0 spiro atoms. The Morgan fingerprint density at radius 3 is 2.61 bits per heavy atom. The van der Waals surface area contributed by atoms with Crippen LogP contribution in [0.15, 0.2) is 18.3 Å². The van der Waals surface area contributed by atoms with Crippen molar-refractivity contribution in [3.05, 3.63) is 24.0 Å². The van der Waals surface area contributed by atoms with Gasteiger partial charge in [-0.15, -0.1) is 0 Å². The number of amides is 1. The molecule has 1 aromatic heterocycles. The molecular weight excluding hydrogens is 247 g/mol. The first-order valence-corrected chi connectivity index (χ1v) is 5.15. The number of halogens is 3. The molecule has 0 radical (unpaired) electrons. The molecule has 4 nitrogen and oxygen atoms in total. The van der Waals surface area contributed by atoms with Crippen molar-refractivity contribution in [1.29, 1.82) is 5.26 Å². The lowest BCUT2D eigenvalue weighted by Crippen LogP contribution is -2.24. The van der Waals surface area contributed by atoms with Crippen LogP contribution in [0.3, 0.4) is 0 Å². The maximum atomic E-state index is 12.3. The van der Waals surface area contributed by atoms with Gasteiger partial charge in [0.2, 0.25) is 5.91 Å². The van der Waals surface area contributed by atoms with Gasteiger partial charge in [-0.05, 0) is 12.1 Å². The number of aromatic nitrogens is 1. The van der Waals surface area contributed by atoms with Gasteiger partial charge < -0.3 is 4.90 Å². The van der Waals surface area contributed by atoms with Crippen molar-refractivity contribution < 1.29 is 18.0 Å². The summed E-state index contributed by atoms with van der Waals surface area (Å²) in [4.78, 5) is 16.1. The van der Waals surface area contributed by atoms with Crippen LogP contribution in [0.4, 0.5) is 18.9 Å². The van der Waals surface area contributed by atoms with Gasteiger partial charge in [-0.25, -0.2) is 4.98 Å². The largest absolute Gasteiger partial charge is 0.433 e. The minimum Gasteiger partial charge on any atom is -0.310 e. The highest BCUT2D eigenvalue weighted by molar-refractivity contribution is 5.95. The fraction of sp³-hybridized carbons (Fsp3) is 0.364. The molecule has 1 aliphatic rings. The van der Waals surface area contributed by atoms with Crippen molar-refractivity contribution in [2.45, 2.75) is 12.6 Å². The molecule has 2 rings (SSSR count). The number of carbonyl (C=O) groups is 1. The summed E-state index contributed by atoms with van der Waals surface area (Å²) < 4.78 is 36.9. The number of rotatable bonds is 1. The summed E-state index contributed by atoms with van der Waals surface area (Å²) in [6.07, 6.45) is -3.40. The van der Waals surface area contributed by atoms with Crippen LogP contribution in [0, 0.1) is 17.2 Å². The molecule has 0 saturated carbocycles. The summed E-state index contributed by atoms with van der Waals surface area (Å²) in [5.41, 5.74) is -0.722. The third-order valence-corrected chi connectivity index (χ3v) is 2.66. The Labute approximate surface area is 101 Å². The topological polar surface area (TPSA) is 57.0 Å². The molecule has 1 aliphatic heterocycles. The average molecular weight is 255 g/mol. The lowest BCUT2D eigenvalue weighted by atomic mass is 10.1. The quantitative estimate of drug-likeness (QED) is 0.770. The van der Waals surface area contributed by atoms with Crippen molar-refractivity contribution in [3.8, 4) is 6.07 Å². The fourth-order valence-electron chi connectivity index (χ4n) is 1.76. The molecule has 7 heteroatoms. The third kappa shape index (κ3) is 2.27. The van der Waals surface area contributed by atoms with Crippen molar-refractivity contribution in [2.24, 2.45) is 5.92 Å². The van der Waals surface area contributed by atoms with Gasteiger partial charge in [0.05, 0.1) is 23.9 Å². The summed E-state index contributed by atoms with van der Waals surface area (Å²) in [7, 11) is 0. The van der Waals surface area contributed by atoms with Gasteiger partial charge >= 0.3 is 6.18 Å². The van der Waals surface area contributed by atoms with Gasteiger partial charge in [0, 0.05) is 13.0 Å². The van der Waals surface area contributed by atoms with Crippen LogP contribution in [0.1, 0.15) is 12.1 Å². The monoisotopic (exact) mass is 255 g/mol. The second-order valence-corrected chi connectivity index (χ2v) is 3.93. The second kappa shape index (κ2) is 4.29. The zero-order valence-electron chi connectivity index (χ0n) is 9.11. The van der Waals surface area contributed by atoms with Gasteiger partial charge in [-0.3, -0.25) is 4.79 Å². The van der Waals surface area contributed by atoms with Gasteiger partial charge in [0.25, 0.3) is 0 Å². The number of nitriles is 1. The summed E-state index contributed by atoms with van der Waals surface area (Å²) in [5, 5.41) is 8.71. The number of hydrogen-bond acceptors (Lipinski definition) is 3. The Kier molecular flexibility index (Phi) is 2.95. The lowest BCUT2D eigenvalue weighted by molar-refractivity contribution is -0.141. The van der Waals surface area contributed by atoms with Crippen molar-refractivity contribution in [2.75, 3.05) is 11.4 Å². The highest BCUT2D eigenvalue weighted by atomic mass is 19.4. The lowest BCUT2D eigenvalue weighted by Gasteiger charge is -2.15. The van der Waals surface area contributed by atoms with Crippen LogP contribution < -0.4 is 4.90 Å². The predicted octanol–water partition coefficient (Wildman–Crippen LogP) is 1.98. The number of nitrogens with zero attached hydrogens (tertiary/aromatic N) is 3. The molecule has 94 valence electrons. The summed E-state index contributed by atoms with van der Waals surface area (Å²) >= 11 is 0. The predicted molar refractivity (Wildman–Crippen MR) is 55.3 cm³/mol. The van der Waals surface area contributed by atoms with E-state index in [0.29, 0.717) is 0 Å². The highest BCUT2D eigenvalue weighted by Crippen LogP contribution is 2.30. The molecule has 1 amide bonds. The molecule has 0 N–H and O–H groups in total. The van der Waals surface area contributed by atoms with Gasteiger partial charge in [-0.1, -0.05) is 0 Å². The van der Waals surface area contributed by atoms with Gasteiger partial charge in [-0.2, -0.15) is 18.4 Å². The highest BCUT2D eigenvalue weighted by Gasteiger charge is 2.34. The van der Waals surface area contributed by atoms with E-state index in [1.54, 1.807) is 0 Å². The van der Waals surface area contributed by atoms with E-state index in [9.17, 15) is 18.0 Å². The van der Waals surface area contributed by atoms with Crippen LogP contribution >= 0.6 is 0 Å². The summed E-state index contributed by atoms with van der Waals surface area (Å²) in [6, 6.07) is 3.98. The Morgan fingerprint density at radius 1 is 1.44 bits per heavy atom. The SMILES string of the molecule is N#CC1CC(=O)N(c2ccc(C(F)(F)F)nc2)C1. The standard InChI is InChI=1S/C11H8F3N3O/c12-11(13,14)9-2-1-8(5-16-9)17-6-7(4-15)3-10(17)18/h1-2,5,7H,3,6H2. The van der Waals surface area contributed by atoms with Crippen molar-refractivity contribution >= 4 is 11.6 Å².